The summed E-state index contributed by atoms with van der Waals surface area (Å²) in [6.45, 7) is 4.87. The van der Waals surface area contributed by atoms with Crippen molar-refractivity contribution >= 4 is 38.9 Å². The molecule has 7 aromatic rings. The van der Waals surface area contributed by atoms with E-state index in [-0.39, 0.29) is 5.41 Å². The van der Waals surface area contributed by atoms with E-state index in [1.165, 1.54) is 118 Å². The first-order chi connectivity index (χ1) is 27.0. The average Bonchev–Trinajstić information content (AvgIpc) is 4.10. The van der Waals surface area contributed by atoms with Crippen molar-refractivity contribution in [1.82, 2.24) is 4.57 Å². The zero-order chi connectivity index (χ0) is 36.4. The Bertz CT molecular complexity index is 2540. The van der Waals surface area contributed by atoms with Gasteiger partial charge in [-0.1, -0.05) is 99.5 Å². The van der Waals surface area contributed by atoms with Gasteiger partial charge in [-0.15, -0.1) is 0 Å². The largest absolute Gasteiger partial charge is 0.310 e. The molecule has 0 N–H and O–H groups in total. The highest BCUT2D eigenvalue weighted by Gasteiger charge is 2.42. The third-order valence-electron chi connectivity index (χ3n) is 15.4. The molecule has 0 radical (unpaired) electrons. The first kappa shape index (κ1) is 32.2. The fourth-order valence-electron chi connectivity index (χ4n) is 12.8. The fourth-order valence-corrected chi connectivity index (χ4v) is 12.8. The van der Waals surface area contributed by atoms with Crippen molar-refractivity contribution < 1.29 is 0 Å². The summed E-state index contributed by atoms with van der Waals surface area (Å²) in [5.41, 5.74) is 16.0. The zero-order valence-electron chi connectivity index (χ0n) is 32.2. The summed E-state index contributed by atoms with van der Waals surface area (Å²) < 4.78 is 2.45. The van der Waals surface area contributed by atoms with Crippen LogP contribution in [0.4, 0.5) is 17.1 Å². The number of para-hydroxylation sites is 2. The van der Waals surface area contributed by atoms with Crippen LogP contribution >= 0.6 is 0 Å². The van der Waals surface area contributed by atoms with Gasteiger partial charge in [0.1, 0.15) is 0 Å². The molecule has 4 saturated carbocycles. The van der Waals surface area contributed by atoms with Crippen molar-refractivity contribution in [3.63, 3.8) is 0 Å². The van der Waals surface area contributed by atoms with E-state index in [9.17, 15) is 0 Å². The molecule has 0 saturated heterocycles. The third kappa shape index (κ3) is 4.79. The van der Waals surface area contributed by atoms with Gasteiger partial charge in [0.15, 0.2) is 0 Å². The molecule has 0 amide bonds. The lowest BCUT2D eigenvalue weighted by atomic mass is 9.82. The first-order valence-electron chi connectivity index (χ1n) is 21.3. The van der Waals surface area contributed by atoms with E-state index < -0.39 is 0 Å². The maximum Gasteiger partial charge on any atom is 0.0547 e. The van der Waals surface area contributed by atoms with Crippen molar-refractivity contribution in [1.29, 1.82) is 0 Å². The number of hydrogen-bond donors (Lipinski definition) is 0. The lowest BCUT2D eigenvalue weighted by Crippen LogP contribution is -2.17. The second-order valence-electron chi connectivity index (χ2n) is 18.5. The van der Waals surface area contributed by atoms with Gasteiger partial charge >= 0.3 is 0 Å². The molecule has 6 unspecified atom stereocenters. The van der Waals surface area contributed by atoms with Crippen LogP contribution in [0.15, 0.2) is 133 Å². The Morgan fingerprint density at radius 3 is 1.73 bits per heavy atom. The van der Waals surface area contributed by atoms with E-state index in [1.54, 1.807) is 11.1 Å². The smallest absolute Gasteiger partial charge is 0.0547 e. The van der Waals surface area contributed by atoms with Gasteiger partial charge in [0.2, 0.25) is 0 Å². The Balaban J connectivity index is 0.991. The molecule has 4 bridgehead atoms. The predicted octanol–water partition coefficient (Wildman–Crippen LogP) is 14.4. The van der Waals surface area contributed by atoms with Gasteiger partial charge in [0, 0.05) is 38.9 Å². The highest BCUT2D eigenvalue weighted by Crippen LogP contribution is 2.56. The Hall–Kier alpha value is -5.08. The van der Waals surface area contributed by atoms with Gasteiger partial charge in [0.05, 0.1) is 11.0 Å². The maximum absolute atomic E-state index is 2.53. The predicted molar refractivity (Wildman–Crippen MR) is 229 cm³/mol. The number of anilines is 3. The van der Waals surface area contributed by atoms with E-state index >= 15 is 0 Å². The Kier molecular flexibility index (Phi) is 7.00. The summed E-state index contributed by atoms with van der Waals surface area (Å²) >= 11 is 0. The van der Waals surface area contributed by atoms with Crippen LogP contribution in [-0.2, 0) is 5.41 Å². The molecular weight excluding hydrogens is 665 g/mol. The minimum absolute atomic E-state index is 0.145. The summed E-state index contributed by atoms with van der Waals surface area (Å²) in [5, 5.41) is 2.68. The van der Waals surface area contributed by atoms with E-state index in [0.717, 1.165) is 35.5 Å². The van der Waals surface area contributed by atoms with Crippen LogP contribution < -0.4 is 4.90 Å². The third-order valence-corrected chi connectivity index (χ3v) is 15.4. The molecule has 6 atom stereocenters. The summed E-state index contributed by atoms with van der Waals surface area (Å²) in [6, 6.07) is 51.5. The Morgan fingerprint density at radius 1 is 0.527 bits per heavy atom. The number of fused-ring (bicyclic) bond motifs is 11. The zero-order valence-corrected chi connectivity index (χ0v) is 32.2. The highest BCUT2D eigenvalue weighted by atomic mass is 15.1. The van der Waals surface area contributed by atoms with E-state index in [2.05, 4.69) is 157 Å². The highest BCUT2D eigenvalue weighted by molar-refractivity contribution is 6.18. The van der Waals surface area contributed by atoms with Gasteiger partial charge in [-0.05, 0) is 168 Å². The summed E-state index contributed by atoms with van der Waals surface area (Å²) in [4.78, 5) is 2.53. The summed E-state index contributed by atoms with van der Waals surface area (Å²) in [6.07, 6.45) is 11.4. The molecule has 1 heterocycles. The number of hydrogen-bond acceptors (Lipinski definition) is 1. The SMILES string of the molecule is CC1(C)c2cc(N(c3ccc(C4CC5CCC4C5)cc3)c3ccc(C4CC5CCC4C5)cc3)ccc2-c2c1ccc1c2c2ccccc2n1-c1ccccc1. The van der Waals surface area contributed by atoms with Gasteiger partial charge in [-0.2, -0.15) is 0 Å². The molecule has 0 spiro atoms. The molecule has 2 heteroatoms. The molecule has 5 aliphatic rings. The minimum atomic E-state index is -0.145. The fraction of sp³-hybridized carbons (Fsp3) is 0.321. The van der Waals surface area contributed by atoms with Crippen molar-refractivity contribution in [2.75, 3.05) is 4.90 Å². The molecule has 12 rings (SSSR count). The van der Waals surface area contributed by atoms with Gasteiger partial charge < -0.3 is 9.47 Å². The van der Waals surface area contributed by atoms with Crippen LogP contribution in [0.5, 0.6) is 0 Å². The van der Waals surface area contributed by atoms with E-state index in [0.29, 0.717) is 0 Å². The summed E-state index contributed by atoms with van der Waals surface area (Å²) in [5.74, 6) is 5.17. The minimum Gasteiger partial charge on any atom is -0.310 e. The second-order valence-corrected chi connectivity index (χ2v) is 18.5. The van der Waals surface area contributed by atoms with E-state index in [1.807, 2.05) is 0 Å². The molecular formula is C53H50N2. The number of benzene rings is 6. The normalized spacial score (nSPS) is 25.6. The van der Waals surface area contributed by atoms with Gasteiger partial charge in [-0.25, -0.2) is 0 Å². The van der Waals surface area contributed by atoms with Crippen LogP contribution in [-0.4, -0.2) is 4.57 Å². The maximum atomic E-state index is 2.53. The number of aromatic nitrogens is 1. The van der Waals surface area contributed by atoms with Crippen LogP contribution in [0.1, 0.15) is 99.3 Å². The number of rotatable bonds is 6. The second kappa shape index (κ2) is 12.0. The molecule has 0 aliphatic heterocycles. The van der Waals surface area contributed by atoms with Gasteiger partial charge in [-0.3, -0.25) is 0 Å². The topological polar surface area (TPSA) is 8.17 Å². The first-order valence-corrected chi connectivity index (χ1v) is 21.3. The molecule has 5 aliphatic carbocycles. The van der Waals surface area contributed by atoms with E-state index in [4.69, 9.17) is 0 Å². The van der Waals surface area contributed by atoms with Crippen LogP contribution in [0.3, 0.4) is 0 Å². The van der Waals surface area contributed by atoms with Crippen molar-refractivity contribution in [3.8, 4) is 16.8 Å². The monoisotopic (exact) mass is 714 g/mol. The standard InChI is InChI=1S/C53H50N2/c1-53(2)47-26-27-50-52(44-10-6-7-11-49(44)55(50)39-8-4-3-5-9-39)51(47)43-25-24-42(32-48(43)53)54(40-20-16-35(17-21-40)45-30-33-12-14-37(45)28-33)41-22-18-36(19-23-41)46-31-34-13-15-38(46)29-34/h3-11,16-27,32-34,37-38,45-46H,12-15,28-31H2,1-2H3. The van der Waals surface area contributed by atoms with Crippen molar-refractivity contribution in [2.24, 2.45) is 23.7 Å². The lowest BCUT2D eigenvalue weighted by molar-refractivity contribution is 0.420. The Labute approximate surface area is 325 Å². The van der Waals surface area contributed by atoms with Crippen molar-refractivity contribution in [2.45, 2.75) is 82.5 Å². The quantitative estimate of drug-likeness (QED) is 0.166. The Morgan fingerprint density at radius 2 is 1.13 bits per heavy atom. The van der Waals surface area contributed by atoms with Crippen molar-refractivity contribution in [3.05, 3.63) is 156 Å². The molecule has 1 aromatic heterocycles. The average molecular weight is 715 g/mol. The van der Waals surface area contributed by atoms with Crippen LogP contribution in [0, 0.1) is 23.7 Å². The van der Waals surface area contributed by atoms with Gasteiger partial charge in [0.25, 0.3) is 0 Å². The lowest BCUT2D eigenvalue weighted by Gasteiger charge is -2.29. The number of nitrogens with zero attached hydrogens (tertiary/aromatic N) is 2. The molecule has 55 heavy (non-hydrogen) atoms. The van der Waals surface area contributed by atoms with Crippen LogP contribution in [0.25, 0.3) is 38.6 Å². The molecule has 4 fully saturated rings. The molecule has 272 valence electrons. The summed E-state index contributed by atoms with van der Waals surface area (Å²) in [7, 11) is 0. The molecule has 2 nitrogen and oxygen atoms in total. The molecule has 6 aromatic carbocycles. The van der Waals surface area contributed by atoms with Crippen LogP contribution in [0.2, 0.25) is 0 Å².